The van der Waals surface area contributed by atoms with Gasteiger partial charge in [0.25, 0.3) is 0 Å². The zero-order valence-electron chi connectivity index (χ0n) is 6.27. The average Bonchev–Trinajstić information content (AvgIpc) is 2.29. The summed E-state index contributed by atoms with van der Waals surface area (Å²) in [6, 6.07) is 0. The molecular weight excluding hydrogens is 291 g/mol. The van der Waals surface area contributed by atoms with E-state index >= 15 is 0 Å². The minimum absolute atomic E-state index is 0.0155. The number of hydrogen-bond donors (Lipinski definition) is 0. The van der Waals surface area contributed by atoms with Gasteiger partial charge in [0, 0.05) is 6.92 Å². The molecule has 7 heteroatoms. The van der Waals surface area contributed by atoms with Gasteiger partial charge in [-0.1, -0.05) is 34.8 Å². The molecule has 72 valence electrons. The monoisotopic (exact) mass is 292 g/mol. The number of halogens is 3. The van der Waals surface area contributed by atoms with Crippen LogP contribution in [0.3, 0.4) is 0 Å². The van der Waals surface area contributed by atoms with Gasteiger partial charge < -0.3 is 0 Å². The molecule has 0 saturated heterocycles. The van der Waals surface area contributed by atoms with Gasteiger partial charge in [-0.2, -0.15) is 0 Å². The molecule has 1 rings (SSSR count). The van der Waals surface area contributed by atoms with E-state index in [1.54, 1.807) is 0 Å². The number of hydrogen-bond acceptors (Lipinski definition) is 4. The molecule has 1 aromatic rings. The van der Waals surface area contributed by atoms with Crippen molar-refractivity contribution in [3.05, 3.63) is 14.4 Å². The van der Waals surface area contributed by atoms with E-state index in [1.165, 1.54) is 29.1 Å². The molecule has 0 spiro atoms. The Morgan fingerprint density at radius 1 is 1.31 bits per heavy atom. The van der Waals surface area contributed by atoms with Gasteiger partial charge >= 0.3 is 0 Å². The molecule has 0 aromatic carbocycles. The molecular formula is C6H3Cl3OS3. The zero-order valence-corrected chi connectivity index (χ0v) is 11.0. The van der Waals surface area contributed by atoms with Crippen LogP contribution in [0.2, 0.25) is 14.4 Å². The van der Waals surface area contributed by atoms with Crippen molar-refractivity contribution in [1.82, 2.24) is 0 Å². The van der Waals surface area contributed by atoms with Crippen LogP contribution >= 0.6 is 67.7 Å². The van der Waals surface area contributed by atoms with Gasteiger partial charge in [-0.05, 0) is 21.6 Å². The van der Waals surface area contributed by atoms with E-state index in [1.807, 2.05) is 0 Å². The predicted molar refractivity (Wildman–Crippen MR) is 63.5 cm³/mol. The highest BCUT2D eigenvalue weighted by Gasteiger charge is 2.14. The van der Waals surface area contributed by atoms with Crippen LogP contribution in [0.4, 0.5) is 0 Å². The first-order chi connectivity index (χ1) is 6.02. The Morgan fingerprint density at radius 2 is 1.92 bits per heavy atom. The van der Waals surface area contributed by atoms with Crippen LogP contribution in [0.5, 0.6) is 0 Å². The molecule has 0 saturated carbocycles. The molecule has 1 aromatic heterocycles. The van der Waals surface area contributed by atoms with Gasteiger partial charge in [-0.15, -0.1) is 11.3 Å². The van der Waals surface area contributed by atoms with Gasteiger partial charge in [0.15, 0.2) is 5.12 Å². The molecule has 0 aliphatic heterocycles. The lowest BCUT2D eigenvalue weighted by Crippen LogP contribution is -1.73. The molecule has 0 fully saturated rings. The Kier molecular flexibility index (Phi) is 4.75. The average molecular weight is 294 g/mol. The van der Waals surface area contributed by atoms with E-state index in [9.17, 15) is 4.79 Å². The Morgan fingerprint density at radius 3 is 2.31 bits per heavy atom. The van der Waals surface area contributed by atoms with Crippen molar-refractivity contribution in [3.63, 3.8) is 0 Å². The standard InChI is InChI=1S/C6H3Cl3OS3/c1-2(10)12-13-6-4(8)3(7)5(9)11-6/h1H3. The first-order valence-electron chi connectivity index (χ1n) is 3.00. The molecule has 0 N–H and O–H groups in total. The van der Waals surface area contributed by atoms with Crippen molar-refractivity contribution < 1.29 is 4.79 Å². The number of thiophene rings is 1. The maximum Gasteiger partial charge on any atom is 0.196 e. The highest BCUT2D eigenvalue weighted by Crippen LogP contribution is 2.48. The molecule has 0 atom stereocenters. The Bertz CT molecular complexity index is 336. The maximum atomic E-state index is 10.7. The van der Waals surface area contributed by atoms with E-state index in [0.717, 1.165) is 15.0 Å². The third kappa shape index (κ3) is 3.22. The highest BCUT2D eigenvalue weighted by atomic mass is 35.5. The summed E-state index contributed by atoms with van der Waals surface area (Å²) in [5.74, 6) is 0. The summed E-state index contributed by atoms with van der Waals surface area (Å²) in [5.41, 5.74) is 0. The van der Waals surface area contributed by atoms with Crippen molar-refractivity contribution in [1.29, 1.82) is 0 Å². The Labute approximate surface area is 103 Å². The summed E-state index contributed by atoms with van der Waals surface area (Å²) in [4.78, 5) is 10.7. The molecule has 0 aliphatic carbocycles. The Balaban J connectivity index is 2.78. The van der Waals surface area contributed by atoms with Crippen LogP contribution in [0.1, 0.15) is 6.92 Å². The normalized spacial score (nSPS) is 10.5. The fourth-order valence-electron chi connectivity index (χ4n) is 0.497. The summed E-state index contributed by atoms with van der Waals surface area (Å²) in [6.45, 7) is 1.49. The van der Waals surface area contributed by atoms with Gasteiger partial charge in [0.1, 0.15) is 4.34 Å². The predicted octanol–water partition coefficient (Wildman–Crippen LogP) is 5.00. The maximum absolute atomic E-state index is 10.7. The SMILES string of the molecule is CC(=O)SSc1sc(Cl)c(Cl)c1Cl. The second-order valence-corrected chi connectivity index (χ2v) is 6.90. The lowest BCUT2D eigenvalue weighted by molar-refractivity contribution is -0.109. The van der Waals surface area contributed by atoms with E-state index in [2.05, 4.69) is 0 Å². The van der Waals surface area contributed by atoms with Crippen LogP contribution in [0, 0.1) is 0 Å². The third-order valence-corrected chi connectivity index (χ3v) is 6.38. The van der Waals surface area contributed by atoms with E-state index < -0.39 is 0 Å². The van der Waals surface area contributed by atoms with Gasteiger partial charge in [-0.3, -0.25) is 4.79 Å². The quantitative estimate of drug-likeness (QED) is 0.715. The summed E-state index contributed by atoms with van der Waals surface area (Å²) in [6.07, 6.45) is 0. The van der Waals surface area contributed by atoms with Crippen LogP contribution < -0.4 is 0 Å². The number of carbonyl (C=O) groups is 1. The van der Waals surface area contributed by atoms with Crippen molar-refractivity contribution in [2.75, 3.05) is 0 Å². The van der Waals surface area contributed by atoms with Gasteiger partial charge in [0.2, 0.25) is 0 Å². The van der Waals surface area contributed by atoms with Crippen molar-refractivity contribution >= 4 is 72.8 Å². The first kappa shape index (κ1) is 12.0. The van der Waals surface area contributed by atoms with Gasteiger partial charge in [-0.25, -0.2) is 0 Å². The molecule has 0 radical (unpaired) electrons. The lowest BCUT2D eigenvalue weighted by Gasteiger charge is -1.92. The largest absolute Gasteiger partial charge is 0.287 e. The van der Waals surface area contributed by atoms with Crippen molar-refractivity contribution in [2.24, 2.45) is 0 Å². The molecule has 0 aliphatic rings. The van der Waals surface area contributed by atoms with E-state index in [-0.39, 0.29) is 5.12 Å². The minimum atomic E-state index is 0.0155. The molecule has 0 unspecified atom stereocenters. The summed E-state index contributed by atoms with van der Waals surface area (Å²) in [5, 5.41) is 0.803. The van der Waals surface area contributed by atoms with Crippen molar-refractivity contribution in [3.8, 4) is 0 Å². The first-order valence-corrected chi connectivity index (χ1v) is 7.10. The highest BCUT2D eigenvalue weighted by molar-refractivity contribution is 8.82. The zero-order chi connectivity index (χ0) is 10.0. The molecule has 0 bridgehead atoms. The molecule has 1 heterocycles. The molecule has 13 heavy (non-hydrogen) atoms. The molecule has 0 amide bonds. The summed E-state index contributed by atoms with van der Waals surface area (Å²) >= 11 is 18.6. The smallest absolute Gasteiger partial charge is 0.196 e. The van der Waals surface area contributed by atoms with Crippen LogP contribution in [0.25, 0.3) is 0 Å². The third-order valence-electron chi connectivity index (χ3n) is 0.961. The lowest BCUT2D eigenvalue weighted by atomic mass is 10.6. The summed E-state index contributed by atoms with van der Waals surface area (Å²) < 4.78 is 1.22. The van der Waals surface area contributed by atoms with Crippen LogP contribution in [-0.4, -0.2) is 5.12 Å². The Hall–Kier alpha value is 0.940. The second kappa shape index (κ2) is 5.14. The van der Waals surface area contributed by atoms with E-state index in [0.29, 0.717) is 14.4 Å². The summed E-state index contributed by atoms with van der Waals surface area (Å²) in [7, 11) is 2.38. The van der Waals surface area contributed by atoms with E-state index in [4.69, 9.17) is 34.8 Å². The fraction of sp³-hybridized carbons (Fsp3) is 0.167. The minimum Gasteiger partial charge on any atom is -0.287 e. The van der Waals surface area contributed by atoms with Gasteiger partial charge in [0.05, 0.1) is 14.3 Å². The second-order valence-electron chi connectivity index (χ2n) is 1.95. The van der Waals surface area contributed by atoms with Crippen LogP contribution in [-0.2, 0) is 4.79 Å². The van der Waals surface area contributed by atoms with Crippen molar-refractivity contribution in [2.45, 2.75) is 11.1 Å². The van der Waals surface area contributed by atoms with Crippen LogP contribution in [0.15, 0.2) is 4.21 Å². The number of carbonyl (C=O) groups excluding carboxylic acids is 1. The topological polar surface area (TPSA) is 17.1 Å². The molecule has 1 nitrogen and oxygen atoms in total. The number of rotatable bonds is 2. The fourth-order valence-corrected chi connectivity index (χ4v) is 4.59.